The zero-order chi connectivity index (χ0) is 24.1. The molecule has 4 aromatic rings. The van der Waals surface area contributed by atoms with Crippen molar-refractivity contribution in [3.8, 4) is 11.5 Å². The molecule has 1 aromatic heterocycles. The summed E-state index contributed by atoms with van der Waals surface area (Å²) >= 11 is 0.752. The number of fused-ring (bicyclic) bond motifs is 1. The fourth-order valence-corrected chi connectivity index (χ4v) is 3.85. The van der Waals surface area contributed by atoms with Gasteiger partial charge in [-0.1, -0.05) is 42.5 Å². The molecular formula is C24H18N2O7S. The highest BCUT2D eigenvalue weighted by Crippen LogP contribution is 2.38. The smallest absolute Gasteiger partial charge is 0.342 e. The number of oxazole rings is 1. The van der Waals surface area contributed by atoms with Gasteiger partial charge >= 0.3 is 5.97 Å². The average molecular weight is 478 g/mol. The largest absolute Gasteiger partial charge is 0.493 e. The highest BCUT2D eigenvalue weighted by molar-refractivity contribution is 8.03. The molecule has 1 N–H and O–H groups in total. The molecule has 0 amide bonds. The number of carboxylic acids is 1. The first-order valence-electron chi connectivity index (χ1n) is 9.96. The summed E-state index contributed by atoms with van der Waals surface area (Å²) in [6, 6.07) is 18.9. The van der Waals surface area contributed by atoms with Gasteiger partial charge in [-0.2, -0.15) is 0 Å². The zero-order valence-corrected chi connectivity index (χ0v) is 18.7. The lowest BCUT2D eigenvalue weighted by Gasteiger charge is -2.12. The van der Waals surface area contributed by atoms with Crippen LogP contribution in [-0.4, -0.2) is 28.1 Å². The highest BCUT2D eigenvalue weighted by Gasteiger charge is 2.22. The van der Waals surface area contributed by atoms with Crippen LogP contribution in [0.4, 0.5) is 5.69 Å². The third-order valence-corrected chi connectivity index (χ3v) is 5.58. The van der Waals surface area contributed by atoms with Gasteiger partial charge in [-0.3, -0.25) is 10.1 Å². The van der Waals surface area contributed by atoms with Crippen LogP contribution in [0.3, 0.4) is 0 Å². The summed E-state index contributed by atoms with van der Waals surface area (Å²) in [6.07, 6.45) is 1.18. The zero-order valence-electron chi connectivity index (χ0n) is 17.8. The van der Waals surface area contributed by atoms with Crippen LogP contribution in [0.5, 0.6) is 11.5 Å². The van der Waals surface area contributed by atoms with E-state index < -0.39 is 10.9 Å². The van der Waals surface area contributed by atoms with Gasteiger partial charge in [0.25, 0.3) is 10.9 Å². The summed E-state index contributed by atoms with van der Waals surface area (Å²) in [5, 5.41) is 21.6. The lowest BCUT2D eigenvalue weighted by atomic mass is 10.1. The van der Waals surface area contributed by atoms with Gasteiger partial charge in [0.2, 0.25) is 0 Å². The number of nitrogens with zero attached hydrogens (tertiary/aromatic N) is 2. The van der Waals surface area contributed by atoms with Crippen LogP contribution < -0.4 is 9.47 Å². The Kier molecular flexibility index (Phi) is 6.79. The molecule has 34 heavy (non-hydrogen) atoms. The van der Waals surface area contributed by atoms with Gasteiger partial charge in [0.1, 0.15) is 17.0 Å². The van der Waals surface area contributed by atoms with Gasteiger partial charge in [0, 0.05) is 0 Å². The molecule has 0 spiro atoms. The van der Waals surface area contributed by atoms with E-state index >= 15 is 0 Å². The van der Waals surface area contributed by atoms with Crippen molar-refractivity contribution in [3.05, 3.63) is 92.9 Å². The second-order valence-corrected chi connectivity index (χ2v) is 7.95. The molecule has 0 saturated heterocycles. The van der Waals surface area contributed by atoms with Crippen LogP contribution in [0.15, 0.2) is 81.3 Å². The van der Waals surface area contributed by atoms with E-state index in [0.717, 1.165) is 17.3 Å². The van der Waals surface area contributed by atoms with Gasteiger partial charge in [-0.05, 0) is 41.6 Å². The number of carbonyl (C=O) groups is 1. The van der Waals surface area contributed by atoms with Crippen molar-refractivity contribution in [2.75, 3.05) is 7.11 Å². The number of rotatable bonds is 9. The van der Waals surface area contributed by atoms with Crippen molar-refractivity contribution in [1.29, 1.82) is 0 Å². The van der Waals surface area contributed by atoms with Crippen LogP contribution >= 0.6 is 11.8 Å². The summed E-state index contributed by atoms with van der Waals surface area (Å²) in [4.78, 5) is 27.1. The Morgan fingerprint density at radius 3 is 2.56 bits per heavy atom. The fourth-order valence-electron chi connectivity index (χ4n) is 3.11. The second kappa shape index (κ2) is 10.1. The maximum absolute atomic E-state index is 11.9. The Balaban J connectivity index is 1.68. The SMILES string of the molecule is COc1cc(/C=C(\Sc2nc3ccccc3o2)C(=O)O)c([N+](=O)[O-])cc1OCc1ccccc1. The monoisotopic (exact) mass is 478 g/mol. The van der Waals surface area contributed by atoms with E-state index in [1.807, 2.05) is 30.3 Å². The molecule has 0 atom stereocenters. The van der Waals surface area contributed by atoms with Crippen molar-refractivity contribution < 1.29 is 28.7 Å². The number of aliphatic carboxylic acids is 1. The van der Waals surface area contributed by atoms with Crippen molar-refractivity contribution in [2.24, 2.45) is 0 Å². The van der Waals surface area contributed by atoms with E-state index in [2.05, 4.69) is 4.98 Å². The van der Waals surface area contributed by atoms with E-state index in [1.54, 1.807) is 24.3 Å². The molecule has 0 aliphatic carbocycles. The number of para-hydroxylation sites is 2. The Morgan fingerprint density at radius 1 is 1.15 bits per heavy atom. The van der Waals surface area contributed by atoms with Crippen LogP contribution in [0.1, 0.15) is 11.1 Å². The molecule has 0 aliphatic rings. The molecule has 4 rings (SSSR count). The summed E-state index contributed by atoms with van der Waals surface area (Å²) < 4.78 is 16.7. The molecule has 0 radical (unpaired) electrons. The van der Waals surface area contributed by atoms with Crippen molar-refractivity contribution >= 4 is 40.6 Å². The maximum atomic E-state index is 11.9. The van der Waals surface area contributed by atoms with E-state index in [1.165, 1.54) is 25.3 Å². The number of benzene rings is 3. The number of nitro benzene ring substituents is 1. The predicted molar refractivity (Wildman–Crippen MR) is 126 cm³/mol. The van der Waals surface area contributed by atoms with Crippen LogP contribution in [0.25, 0.3) is 17.2 Å². The van der Waals surface area contributed by atoms with Crippen LogP contribution in [0, 0.1) is 10.1 Å². The Labute approximate surface area is 197 Å². The normalized spacial score (nSPS) is 11.4. The molecule has 0 fully saturated rings. The standard InChI is InChI=1S/C24H18N2O7S/c1-31-20-11-16(18(26(29)30)13-21(20)32-14-15-7-3-2-4-8-15)12-22(23(27)28)34-24-25-17-9-5-6-10-19(17)33-24/h2-13H,14H2,1H3,(H,27,28)/b22-12-. The van der Waals surface area contributed by atoms with Crippen LogP contribution in [-0.2, 0) is 11.4 Å². The number of aromatic nitrogens is 1. The second-order valence-electron chi connectivity index (χ2n) is 6.96. The molecule has 172 valence electrons. The molecule has 10 heteroatoms. The first-order valence-corrected chi connectivity index (χ1v) is 10.8. The van der Waals surface area contributed by atoms with Gasteiger partial charge < -0.3 is 19.0 Å². The minimum atomic E-state index is -1.29. The van der Waals surface area contributed by atoms with Crippen molar-refractivity contribution in [2.45, 2.75) is 11.8 Å². The summed E-state index contributed by atoms with van der Waals surface area (Å²) in [6.45, 7) is 0.178. The number of hydrogen-bond donors (Lipinski definition) is 1. The number of nitro groups is 1. The predicted octanol–water partition coefficient (Wildman–Crippen LogP) is 5.54. The number of carboxylic acid groups (broad SMARTS) is 1. The van der Waals surface area contributed by atoms with Gasteiger partial charge in [-0.25, -0.2) is 9.78 Å². The quantitative estimate of drug-likeness (QED) is 0.143. The van der Waals surface area contributed by atoms with E-state index in [9.17, 15) is 20.0 Å². The molecular weight excluding hydrogens is 460 g/mol. The number of hydrogen-bond acceptors (Lipinski definition) is 8. The Morgan fingerprint density at radius 2 is 1.88 bits per heavy atom. The fraction of sp³-hybridized carbons (Fsp3) is 0.0833. The molecule has 9 nitrogen and oxygen atoms in total. The summed E-state index contributed by atoms with van der Waals surface area (Å²) in [5.41, 5.74) is 1.65. The first kappa shape index (κ1) is 22.9. The minimum absolute atomic E-state index is 0.0370. The molecule has 3 aromatic carbocycles. The molecule has 1 heterocycles. The summed E-state index contributed by atoms with van der Waals surface area (Å²) in [7, 11) is 1.40. The van der Waals surface area contributed by atoms with Gasteiger partial charge in [-0.15, -0.1) is 0 Å². The molecule has 0 saturated carbocycles. The van der Waals surface area contributed by atoms with Crippen LogP contribution in [0.2, 0.25) is 0 Å². The number of ether oxygens (including phenoxy) is 2. The van der Waals surface area contributed by atoms with E-state index in [0.29, 0.717) is 11.1 Å². The topological polar surface area (TPSA) is 125 Å². The lowest BCUT2D eigenvalue weighted by molar-refractivity contribution is -0.385. The Bertz CT molecular complexity index is 1350. The Hall–Kier alpha value is -4.31. The number of thioether (sulfide) groups is 1. The molecule has 0 bridgehead atoms. The van der Waals surface area contributed by atoms with Crippen molar-refractivity contribution in [3.63, 3.8) is 0 Å². The molecule has 0 aliphatic heterocycles. The van der Waals surface area contributed by atoms with Crippen molar-refractivity contribution in [1.82, 2.24) is 4.98 Å². The number of methoxy groups -OCH3 is 1. The van der Waals surface area contributed by atoms with Gasteiger partial charge in [0.15, 0.2) is 17.1 Å². The minimum Gasteiger partial charge on any atom is -0.493 e. The third-order valence-electron chi connectivity index (χ3n) is 4.72. The average Bonchev–Trinajstić information content (AvgIpc) is 3.25. The first-order chi connectivity index (χ1) is 16.4. The molecule has 0 unspecified atom stereocenters. The van der Waals surface area contributed by atoms with E-state index in [-0.39, 0.29) is 39.5 Å². The summed E-state index contributed by atoms with van der Waals surface area (Å²) in [5.74, 6) is -0.895. The van der Waals surface area contributed by atoms with Gasteiger partial charge in [0.05, 0.1) is 23.7 Å². The highest BCUT2D eigenvalue weighted by atomic mass is 32.2. The third kappa shape index (κ3) is 5.18. The maximum Gasteiger partial charge on any atom is 0.342 e. The van der Waals surface area contributed by atoms with E-state index in [4.69, 9.17) is 13.9 Å². The lowest BCUT2D eigenvalue weighted by Crippen LogP contribution is -2.02.